The molecule has 0 radical (unpaired) electrons. The summed E-state index contributed by atoms with van der Waals surface area (Å²) in [7, 11) is 0. The zero-order valence-corrected chi connectivity index (χ0v) is 25.1. The Morgan fingerprint density at radius 1 is 1.22 bits per heavy atom. The van der Waals surface area contributed by atoms with Crippen LogP contribution in [0.1, 0.15) is 43.7 Å². The molecule has 11 heteroatoms. The molecule has 1 aliphatic heterocycles. The minimum absolute atomic E-state index is 0.0298. The number of nitrogens with zero attached hydrogens (tertiary/aromatic N) is 4. The number of halogens is 1. The van der Waals surface area contributed by atoms with Gasteiger partial charge in [0.2, 0.25) is 11.0 Å². The largest absolute Gasteiger partial charge is 0.384 e. The summed E-state index contributed by atoms with van der Waals surface area (Å²) in [4.78, 5) is 27.8. The van der Waals surface area contributed by atoms with E-state index in [1.165, 1.54) is 23.1 Å². The first kappa shape index (κ1) is 28.9. The van der Waals surface area contributed by atoms with Crippen molar-refractivity contribution in [2.24, 2.45) is 11.1 Å². The minimum atomic E-state index is -0.616. The highest BCUT2D eigenvalue weighted by Gasteiger charge is 2.45. The topological polar surface area (TPSA) is 125 Å². The minimum Gasteiger partial charge on any atom is -0.384 e. The highest BCUT2D eigenvalue weighted by molar-refractivity contribution is 8.01. The number of benzene rings is 2. The second kappa shape index (κ2) is 12.1. The lowest BCUT2D eigenvalue weighted by molar-refractivity contribution is -0.119. The predicted molar refractivity (Wildman–Crippen MR) is 162 cm³/mol. The van der Waals surface area contributed by atoms with E-state index in [1.54, 1.807) is 23.1 Å². The van der Waals surface area contributed by atoms with E-state index in [2.05, 4.69) is 21.6 Å². The summed E-state index contributed by atoms with van der Waals surface area (Å²) in [5.41, 5.74) is 9.80. The lowest BCUT2D eigenvalue weighted by Crippen LogP contribution is -2.42. The van der Waals surface area contributed by atoms with Gasteiger partial charge in [-0.25, -0.2) is 0 Å². The molecule has 0 saturated heterocycles. The van der Waals surface area contributed by atoms with Crippen molar-refractivity contribution in [3.05, 3.63) is 93.4 Å². The summed E-state index contributed by atoms with van der Waals surface area (Å²) < 4.78 is 0.588. The van der Waals surface area contributed by atoms with Crippen LogP contribution in [-0.4, -0.2) is 34.2 Å². The van der Waals surface area contributed by atoms with Crippen LogP contribution in [0.15, 0.2) is 81.6 Å². The number of anilines is 1. The van der Waals surface area contributed by atoms with Crippen molar-refractivity contribution < 1.29 is 9.59 Å². The van der Waals surface area contributed by atoms with Gasteiger partial charge in [0.25, 0.3) is 0 Å². The molecule has 210 valence electrons. The van der Waals surface area contributed by atoms with Crippen LogP contribution in [0.3, 0.4) is 0 Å². The number of aromatic nitrogens is 2. The molecule has 2 heterocycles. The molecule has 2 aromatic carbocycles. The number of carbonyl (C=O) groups excluding carboxylic acids is 2. The van der Waals surface area contributed by atoms with Crippen LogP contribution >= 0.6 is 34.7 Å². The number of thioether (sulfide) groups is 1. The second-order valence-corrected chi connectivity index (χ2v) is 13.4. The first-order chi connectivity index (χ1) is 19.7. The van der Waals surface area contributed by atoms with Gasteiger partial charge in [-0.05, 0) is 41.5 Å². The molecule has 0 bridgehead atoms. The van der Waals surface area contributed by atoms with Crippen molar-refractivity contribution in [1.29, 1.82) is 5.26 Å². The quantitative estimate of drug-likeness (QED) is 0.319. The maximum Gasteiger partial charge on any atom is 0.230 e. The van der Waals surface area contributed by atoms with Crippen molar-refractivity contribution >= 4 is 51.5 Å². The van der Waals surface area contributed by atoms with Gasteiger partial charge in [-0.3, -0.25) is 14.5 Å². The Kier molecular flexibility index (Phi) is 8.50. The number of amides is 1. The lowest BCUT2D eigenvalue weighted by atomic mass is 9.69. The molecule has 1 aliphatic carbocycles. The van der Waals surface area contributed by atoms with Crippen molar-refractivity contribution in [1.82, 2.24) is 15.5 Å². The van der Waals surface area contributed by atoms with E-state index in [-0.39, 0.29) is 34.3 Å². The van der Waals surface area contributed by atoms with E-state index in [0.29, 0.717) is 39.5 Å². The summed E-state index contributed by atoms with van der Waals surface area (Å²) in [6.45, 7) is 4.63. The van der Waals surface area contributed by atoms with Crippen LogP contribution in [-0.2, 0) is 16.0 Å². The second-order valence-electron chi connectivity index (χ2n) is 10.8. The number of rotatable bonds is 8. The Morgan fingerprint density at radius 3 is 2.73 bits per heavy atom. The van der Waals surface area contributed by atoms with Crippen molar-refractivity contribution in [2.75, 3.05) is 17.2 Å². The highest BCUT2D eigenvalue weighted by Crippen LogP contribution is 2.50. The molecule has 41 heavy (non-hydrogen) atoms. The van der Waals surface area contributed by atoms with E-state index >= 15 is 0 Å². The van der Waals surface area contributed by atoms with Gasteiger partial charge in [0.15, 0.2) is 10.1 Å². The Bertz CT molecular complexity index is 1590. The number of Topliss-reactive ketones (excluding diaryl/α,β-unsaturated/α-hetero) is 1. The smallest absolute Gasteiger partial charge is 0.230 e. The van der Waals surface area contributed by atoms with Gasteiger partial charge in [-0.1, -0.05) is 91.0 Å². The molecule has 1 unspecified atom stereocenters. The number of carbonyl (C=O) groups is 2. The average Bonchev–Trinajstić information content (AvgIpc) is 3.39. The van der Waals surface area contributed by atoms with Gasteiger partial charge < -0.3 is 11.1 Å². The monoisotopic (exact) mass is 604 g/mol. The summed E-state index contributed by atoms with van der Waals surface area (Å²) >= 11 is 8.85. The van der Waals surface area contributed by atoms with Crippen LogP contribution in [0.5, 0.6) is 0 Å². The molecule has 3 N–H and O–H groups in total. The predicted octanol–water partition coefficient (Wildman–Crippen LogP) is 5.58. The number of nitrogens with one attached hydrogen (secondary N) is 1. The number of allylic oxidation sites excluding steroid dienone is 3. The number of nitrogens with two attached hydrogens (primary N) is 1. The molecule has 0 saturated carbocycles. The van der Waals surface area contributed by atoms with Gasteiger partial charge in [0, 0.05) is 29.3 Å². The summed E-state index contributed by atoms with van der Waals surface area (Å²) in [5, 5.41) is 22.8. The molecule has 1 atom stereocenters. The zero-order chi connectivity index (χ0) is 29.1. The molecule has 0 fully saturated rings. The maximum absolute atomic E-state index is 13.6. The molecule has 1 amide bonds. The van der Waals surface area contributed by atoms with Crippen molar-refractivity contribution in [2.45, 2.75) is 43.4 Å². The number of hydrogen-bond donors (Lipinski definition) is 2. The molecule has 5 rings (SSSR count). The van der Waals surface area contributed by atoms with E-state index < -0.39 is 5.92 Å². The molecular formula is C30H29ClN6O2S2. The normalized spacial score (nSPS) is 18.2. The van der Waals surface area contributed by atoms with E-state index in [9.17, 15) is 14.9 Å². The van der Waals surface area contributed by atoms with Crippen molar-refractivity contribution in [3.63, 3.8) is 0 Å². The summed E-state index contributed by atoms with van der Waals surface area (Å²) in [6, 6.07) is 19.4. The number of nitriles is 1. The van der Waals surface area contributed by atoms with Gasteiger partial charge in [-0.15, -0.1) is 10.2 Å². The fraction of sp³-hybridized carbons (Fsp3) is 0.300. The third-order valence-corrected chi connectivity index (χ3v) is 9.33. The number of ketones is 1. The van der Waals surface area contributed by atoms with Crippen LogP contribution < -0.4 is 16.0 Å². The van der Waals surface area contributed by atoms with E-state index in [0.717, 1.165) is 23.2 Å². The van der Waals surface area contributed by atoms with Gasteiger partial charge in [0.05, 0.1) is 23.3 Å². The third kappa shape index (κ3) is 6.32. The molecular weight excluding hydrogens is 576 g/mol. The third-order valence-electron chi connectivity index (χ3n) is 7.06. The SMILES string of the molecule is CC1(C)CC(=O)C2=C(C1)N(c1nnc(SCC(=O)NCCc3ccccc3)s1)C(N)=C(C#N)C2c1cccc(Cl)c1. The maximum atomic E-state index is 13.6. The van der Waals surface area contributed by atoms with E-state index in [1.807, 2.05) is 50.2 Å². The average molecular weight is 605 g/mol. The standard InChI is InChI=1S/C30H29ClN6O2S2/c1-30(2)14-22-26(23(38)15-30)25(19-9-6-10-20(31)13-19)21(16-32)27(33)37(22)28-35-36-29(41-28)40-17-24(39)34-12-11-18-7-4-3-5-8-18/h3-10,13,25H,11-12,14-15,17,33H2,1-2H3,(H,34,39). The highest BCUT2D eigenvalue weighted by atomic mass is 35.5. The van der Waals surface area contributed by atoms with E-state index in [4.69, 9.17) is 17.3 Å². The van der Waals surface area contributed by atoms with Crippen LogP contribution in [0.4, 0.5) is 5.13 Å². The number of hydrogen-bond acceptors (Lipinski definition) is 9. The fourth-order valence-corrected chi connectivity index (χ4v) is 7.18. The molecule has 8 nitrogen and oxygen atoms in total. The molecule has 0 spiro atoms. The van der Waals surface area contributed by atoms with Crippen LogP contribution in [0.2, 0.25) is 5.02 Å². The first-order valence-corrected chi connectivity index (χ1v) is 15.3. The molecule has 1 aromatic heterocycles. The summed E-state index contributed by atoms with van der Waals surface area (Å²) in [5.74, 6) is -0.337. The lowest BCUT2D eigenvalue weighted by Gasteiger charge is -2.42. The fourth-order valence-electron chi connectivity index (χ4n) is 5.27. The first-order valence-electron chi connectivity index (χ1n) is 13.2. The Labute approximate surface area is 252 Å². The Hall–Kier alpha value is -3.65. The zero-order valence-electron chi connectivity index (χ0n) is 22.7. The molecule has 3 aromatic rings. The van der Waals surface area contributed by atoms with Gasteiger partial charge >= 0.3 is 0 Å². The Balaban J connectivity index is 1.39. The van der Waals surface area contributed by atoms with Crippen LogP contribution in [0, 0.1) is 16.7 Å². The van der Waals surface area contributed by atoms with Gasteiger partial charge in [0.1, 0.15) is 5.82 Å². The summed E-state index contributed by atoms with van der Waals surface area (Å²) in [6.07, 6.45) is 1.67. The van der Waals surface area contributed by atoms with Gasteiger partial charge in [-0.2, -0.15) is 5.26 Å². The molecule has 2 aliphatic rings. The Morgan fingerprint density at radius 2 is 2.00 bits per heavy atom. The van der Waals surface area contributed by atoms with Crippen LogP contribution in [0.25, 0.3) is 0 Å². The van der Waals surface area contributed by atoms with Crippen molar-refractivity contribution in [3.8, 4) is 6.07 Å².